The molecule has 0 radical (unpaired) electrons. The van der Waals surface area contributed by atoms with Gasteiger partial charge in [0.25, 0.3) is 0 Å². The van der Waals surface area contributed by atoms with Crippen molar-refractivity contribution < 1.29 is 4.39 Å². The third kappa shape index (κ3) is 7.08. The van der Waals surface area contributed by atoms with Crippen LogP contribution in [0.25, 0.3) is 0 Å². The highest BCUT2D eigenvalue weighted by molar-refractivity contribution is 14.0. The SMILES string of the molecule is CCNC(=NCc1ncnn1C)NCCCN1CCN(c2ccccc2F)CC1.I. The predicted octanol–water partition coefficient (Wildman–Crippen LogP) is 1.84. The van der Waals surface area contributed by atoms with Crippen molar-refractivity contribution in [2.45, 2.75) is 19.9 Å². The van der Waals surface area contributed by atoms with Gasteiger partial charge in [-0.1, -0.05) is 12.1 Å². The van der Waals surface area contributed by atoms with Crippen molar-refractivity contribution in [1.82, 2.24) is 30.3 Å². The lowest BCUT2D eigenvalue weighted by atomic mass is 10.2. The Morgan fingerprint density at radius 3 is 2.60 bits per heavy atom. The molecule has 0 saturated carbocycles. The number of rotatable bonds is 8. The summed E-state index contributed by atoms with van der Waals surface area (Å²) in [7, 11) is 1.87. The largest absolute Gasteiger partial charge is 0.367 e. The number of hydrogen-bond donors (Lipinski definition) is 2. The highest BCUT2D eigenvalue weighted by atomic mass is 127. The fraction of sp³-hybridized carbons (Fsp3) is 0.550. The van der Waals surface area contributed by atoms with Gasteiger partial charge in [-0.3, -0.25) is 9.58 Å². The van der Waals surface area contributed by atoms with E-state index in [1.807, 2.05) is 19.2 Å². The zero-order valence-corrected chi connectivity index (χ0v) is 20.1. The normalized spacial score (nSPS) is 15.0. The smallest absolute Gasteiger partial charge is 0.191 e. The van der Waals surface area contributed by atoms with E-state index in [2.05, 4.69) is 42.4 Å². The fourth-order valence-electron chi connectivity index (χ4n) is 3.38. The van der Waals surface area contributed by atoms with Crippen molar-refractivity contribution in [3.8, 4) is 0 Å². The summed E-state index contributed by atoms with van der Waals surface area (Å²) in [6, 6.07) is 7.02. The number of benzene rings is 1. The first-order valence-electron chi connectivity index (χ1n) is 10.2. The van der Waals surface area contributed by atoms with Crippen LogP contribution in [0.1, 0.15) is 19.2 Å². The lowest BCUT2D eigenvalue weighted by Crippen LogP contribution is -2.47. The zero-order valence-electron chi connectivity index (χ0n) is 17.7. The van der Waals surface area contributed by atoms with E-state index in [1.54, 1.807) is 10.7 Å². The number of guanidine groups is 1. The first-order chi connectivity index (χ1) is 14.2. The number of para-hydroxylation sites is 1. The van der Waals surface area contributed by atoms with Crippen molar-refractivity contribution in [1.29, 1.82) is 0 Å². The summed E-state index contributed by atoms with van der Waals surface area (Å²) in [4.78, 5) is 13.3. The summed E-state index contributed by atoms with van der Waals surface area (Å²) in [5.74, 6) is 1.48. The molecular weight excluding hydrogens is 498 g/mol. The van der Waals surface area contributed by atoms with Crippen LogP contribution in [0.4, 0.5) is 10.1 Å². The molecule has 1 aliphatic rings. The molecular formula is C20H32FIN8. The van der Waals surface area contributed by atoms with E-state index in [0.29, 0.717) is 12.2 Å². The molecule has 1 aromatic heterocycles. The zero-order chi connectivity index (χ0) is 20.5. The Bertz CT molecular complexity index is 789. The van der Waals surface area contributed by atoms with Crippen molar-refractivity contribution in [2.75, 3.05) is 50.7 Å². The lowest BCUT2D eigenvalue weighted by Gasteiger charge is -2.36. The van der Waals surface area contributed by atoms with Crippen molar-refractivity contribution in [3.63, 3.8) is 0 Å². The maximum atomic E-state index is 13.9. The number of nitrogens with one attached hydrogen (secondary N) is 2. The molecule has 0 atom stereocenters. The molecule has 0 aliphatic carbocycles. The molecule has 166 valence electrons. The van der Waals surface area contributed by atoms with Gasteiger partial charge in [0.2, 0.25) is 0 Å². The van der Waals surface area contributed by atoms with E-state index in [0.717, 1.165) is 64.0 Å². The van der Waals surface area contributed by atoms with Gasteiger partial charge < -0.3 is 15.5 Å². The third-order valence-electron chi connectivity index (χ3n) is 5.04. The molecule has 1 fully saturated rings. The molecule has 8 nitrogen and oxygen atoms in total. The van der Waals surface area contributed by atoms with Gasteiger partial charge in [-0.2, -0.15) is 5.10 Å². The molecule has 3 rings (SSSR count). The summed E-state index contributed by atoms with van der Waals surface area (Å²) in [5.41, 5.74) is 0.711. The van der Waals surface area contributed by atoms with Crippen LogP contribution in [-0.2, 0) is 13.6 Å². The van der Waals surface area contributed by atoms with Crippen LogP contribution in [0.15, 0.2) is 35.6 Å². The molecule has 0 bridgehead atoms. The molecule has 2 heterocycles. The number of aromatic nitrogens is 3. The van der Waals surface area contributed by atoms with Crippen LogP contribution in [0.2, 0.25) is 0 Å². The highest BCUT2D eigenvalue weighted by Crippen LogP contribution is 2.20. The molecule has 0 amide bonds. The van der Waals surface area contributed by atoms with E-state index in [4.69, 9.17) is 0 Å². The van der Waals surface area contributed by atoms with Gasteiger partial charge in [0.1, 0.15) is 24.5 Å². The monoisotopic (exact) mass is 530 g/mol. The Balaban J connectivity index is 0.00000320. The summed E-state index contributed by atoms with van der Waals surface area (Å²) in [6.45, 7) is 8.83. The van der Waals surface area contributed by atoms with Crippen LogP contribution in [-0.4, -0.2) is 71.4 Å². The number of nitrogens with zero attached hydrogens (tertiary/aromatic N) is 6. The molecule has 10 heteroatoms. The standard InChI is InChI=1S/C20H31FN8.HI/c1-3-22-20(24-15-19-25-16-26-27(19)2)23-9-6-10-28-11-13-29(14-12-28)18-8-5-4-7-17(18)21;/h4-5,7-8,16H,3,6,9-15H2,1-2H3,(H2,22,23,24);1H. The summed E-state index contributed by atoms with van der Waals surface area (Å²) in [5, 5.41) is 10.7. The summed E-state index contributed by atoms with van der Waals surface area (Å²) in [6.07, 6.45) is 2.56. The van der Waals surface area contributed by atoms with Crippen LogP contribution in [0.5, 0.6) is 0 Å². The highest BCUT2D eigenvalue weighted by Gasteiger charge is 2.18. The topological polar surface area (TPSA) is 73.6 Å². The lowest BCUT2D eigenvalue weighted by molar-refractivity contribution is 0.254. The number of piperazine rings is 1. The van der Waals surface area contributed by atoms with Crippen molar-refractivity contribution in [3.05, 3.63) is 42.2 Å². The molecule has 0 unspecified atom stereocenters. The predicted molar refractivity (Wildman–Crippen MR) is 129 cm³/mol. The van der Waals surface area contributed by atoms with Crippen LogP contribution >= 0.6 is 24.0 Å². The Kier molecular flexibility index (Phi) is 10.3. The average Bonchev–Trinajstić information content (AvgIpc) is 3.15. The Morgan fingerprint density at radius 1 is 1.17 bits per heavy atom. The first-order valence-corrected chi connectivity index (χ1v) is 10.2. The Morgan fingerprint density at radius 2 is 1.93 bits per heavy atom. The number of aliphatic imine (C=N–C) groups is 1. The number of halogens is 2. The van der Waals surface area contributed by atoms with Gasteiger partial charge in [-0.05, 0) is 32.0 Å². The second kappa shape index (κ2) is 12.7. The summed E-state index contributed by atoms with van der Waals surface area (Å²) >= 11 is 0. The maximum Gasteiger partial charge on any atom is 0.191 e. The van der Waals surface area contributed by atoms with Gasteiger partial charge in [-0.25, -0.2) is 14.4 Å². The molecule has 0 spiro atoms. The number of hydrogen-bond acceptors (Lipinski definition) is 5. The van der Waals surface area contributed by atoms with E-state index >= 15 is 0 Å². The van der Waals surface area contributed by atoms with Gasteiger partial charge in [0, 0.05) is 46.3 Å². The van der Waals surface area contributed by atoms with E-state index < -0.39 is 0 Å². The van der Waals surface area contributed by atoms with Gasteiger partial charge in [0.05, 0.1) is 5.69 Å². The minimum atomic E-state index is -0.137. The minimum Gasteiger partial charge on any atom is -0.367 e. The second-order valence-corrected chi connectivity index (χ2v) is 7.06. The quantitative estimate of drug-likeness (QED) is 0.235. The van der Waals surface area contributed by atoms with Crippen LogP contribution in [0, 0.1) is 5.82 Å². The Hall–Kier alpha value is -1.95. The van der Waals surface area contributed by atoms with E-state index in [-0.39, 0.29) is 29.8 Å². The fourth-order valence-corrected chi connectivity index (χ4v) is 3.38. The number of anilines is 1. The van der Waals surface area contributed by atoms with Gasteiger partial charge >= 0.3 is 0 Å². The molecule has 2 aromatic rings. The van der Waals surface area contributed by atoms with Crippen molar-refractivity contribution >= 4 is 35.6 Å². The maximum absolute atomic E-state index is 13.9. The van der Waals surface area contributed by atoms with Crippen LogP contribution in [0.3, 0.4) is 0 Å². The Labute approximate surface area is 195 Å². The van der Waals surface area contributed by atoms with Crippen LogP contribution < -0.4 is 15.5 Å². The molecule has 30 heavy (non-hydrogen) atoms. The molecule has 1 aliphatic heterocycles. The minimum absolute atomic E-state index is 0. The van der Waals surface area contributed by atoms with E-state index in [1.165, 1.54) is 12.4 Å². The third-order valence-corrected chi connectivity index (χ3v) is 5.04. The first kappa shape index (κ1) is 24.3. The van der Waals surface area contributed by atoms with Crippen molar-refractivity contribution in [2.24, 2.45) is 12.0 Å². The molecule has 1 aromatic carbocycles. The van der Waals surface area contributed by atoms with Gasteiger partial charge in [-0.15, -0.1) is 24.0 Å². The summed E-state index contributed by atoms with van der Waals surface area (Å²) < 4.78 is 15.7. The molecule has 1 saturated heterocycles. The second-order valence-electron chi connectivity index (χ2n) is 7.06. The number of aryl methyl sites for hydroxylation is 1. The van der Waals surface area contributed by atoms with Gasteiger partial charge in [0.15, 0.2) is 5.96 Å². The average molecular weight is 530 g/mol. The van der Waals surface area contributed by atoms with E-state index in [9.17, 15) is 4.39 Å². The molecule has 2 N–H and O–H groups in total.